The van der Waals surface area contributed by atoms with Crippen LogP contribution < -0.4 is 0 Å². The molecule has 0 aromatic heterocycles. The lowest BCUT2D eigenvalue weighted by atomic mass is 9.76. The molecule has 1 aromatic carbocycles. The molecule has 1 rings (SSSR count). The number of rotatable bonds is 9. The van der Waals surface area contributed by atoms with Crippen LogP contribution in [0, 0.1) is 11.3 Å². The molecule has 0 spiro atoms. The highest BCUT2D eigenvalue weighted by Crippen LogP contribution is 2.36. The number of hydrogen-bond acceptors (Lipinski definition) is 1. The first-order valence-corrected chi connectivity index (χ1v) is 11.5. The van der Waals surface area contributed by atoms with Gasteiger partial charge in [-0.05, 0) is 54.7 Å². The van der Waals surface area contributed by atoms with E-state index in [-0.39, 0.29) is 0 Å². The summed E-state index contributed by atoms with van der Waals surface area (Å²) < 4.78 is 1.17. The number of nitrogens with zero attached hydrogens (tertiary/aromatic N) is 1. The zero-order chi connectivity index (χ0) is 19.3. The molecule has 2 heteroatoms. The molecule has 2 atom stereocenters. The van der Waals surface area contributed by atoms with Crippen molar-refractivity contribution in [2.75, 3.05) is 11.0 Å². The molecule has 25 heavy (non-hydrogen) atoms. The van der Waals surface area contributed by atoms with Crippen molar-refractivity contribution < 1.29 is 0 Å². The van der Waals surface area contributed by atoms with Crippen molar-refractivity contribution in [1.82, 2.24) is 4.90 Å². The lowest BCUT2D eigenvalue weighted by Gasteiger charge is -2.39. The van der Waals surface area contributed by atoms with Crippen LogP contribution in [0.5, 0.6) is 0 Å². The van der Waals surface area contributed by atoms with Crippen molar-refractivity contribution in [2.24, 2.45) is 11.3 Å². The predicted octanol–water partition coefficient (Wildman–Crippen LogP) is 7.29. The number of halogens is 1. The van der Waals surface area contributed by atoms with Crippen molar-refractivity contribution in [2.45, 2.75) is 86.2 Å². The SMILES string of the molecule is CCN(Cc1ccc(C(CC(C)(C)C)C(C)C)cc1)C(C)(CC)CI. The van der Waals surface area contributed by atoms with Gasteiger partial charge in [-0.3, -0.25) is 4.90 Å². The molecule has 0 aliphatic carbocycles. The molecule has 0 bridgehead atoms. The van der Waals surface area contributed by atoms with E-state index in [1.165, 1.54) is 28.4 Å². The second-order valence-electron chi connectivity index (χ2n) is 9.36. The van der Waals surface area contributed by atoms with Gasteiger partial charge in [0.15, 0.2) is 0 Å². The standard InChI is InChI=1S/C23H40IN/c1-9-23(8,17-24)25(10-2)16-19-11-13-20(14-12-19)21(18(3)4)15-22(5,6)7/h11-14,18,21H,9-10,15-17H2,1-8H3. The average Bonchev–Trinajstić information content (AvgIpc) is 2.56. The Kier molecular flexibility index (Phi) is 8.93. The Morgan fingerprint density at radius 3 is 1.92 bits per heavy atom. The molecule has 1 aromatic rings. The molecule has 0 saturated carbocycles. The third-order valence-corrected chi connectivity index (χ3v) is 7.26. The summed E-state index contributed by atoms with van der Waals surface area (Å²) in [6.07, 6.45) is 2.44. The lowest BCUT2D eigenvalue weighted by Crippen LogP contribution is -2.46. The maximum absolute atomic E-state index is 2.63. The van der Waals surface area contributed by atoms with Crippen molar-refractivity contribution in [3.05, 3.63) is 35.4 Å². The van der Waals surface area contributed by atoms with Gasteiger partial charge in [-0.2, -0.15) is 0 Å². The van der Waals surface area contributed by atoms with Crippen molar-refractivity contribution in [1.29, 1.82) is 0 Å². The summed E-state index contributed by atoms with van der Waals surface area (Å²) in [5.74, 6) is 1.33. The second kappa shape index (κ2) is 9.73. The zero-order valence-corrected chi connectivity index (χ0v) is 20.0. The van der Waals surface area contributed by atoms with Gasteiger partial charge in [-0.15, -0.1) is 0 Å². The molecule has 0 aliphatic rings. The Morgan fingerprint density at radius 1 is 1.00 bits per heavy atom. The summed E-state index contributed by atoms with van der Waals surface area (Å²) in [4.78, 5) is 2.63. The van der Waals surface area contributed by atoms with Crippen LogP contribution in [0.2, 0.25) is 0 Å². The monoisotopic (exact) mass is 457 g/mol. The normalized spacial score (nSPS) is 16.3. The molecule has 2 unspecified atom stereocenters. The van der Waals surface area contributed by atoms with Gasteiger partial charge in [0.2, 0.25) is 0 Å². The third-order valence-electron chi connectivity index (χ3n) is 5.61. The number of alkyl halides is 1. The van der Waals surface area contributed by atoms with Crippen molar-refractivity contribution in [3.8, 4) is 0 Å². The summed E-state index contributed by atoms with van der Waals surface area (Å²) in [6.45, 7) is 20.9. The minimum absolute atomic E-state index is 0.292. The summed E-state index contributed by atoms with van der Waals surface area (Å²) in [5, 5.41) is 0. The molecule has 0 amide bonds. The Morgan fingerprint density at radius 2 is 1.56 bits per heavy atom. The van der Waals surface area contributed by atoms with Gasteiger partial charge in [0, 0.05) is 16.5 Å². The van der Waals surface area contributed by atoms with Gasteiger partial charge in [-0.25, -0.2) is 0 Å². The minimum Gasteiger partial charge on any atom is -0.293 e. The van der Waals surface area contributed by atoms with Crippen LogP contribution in [0.4, 0.5) is 0 Å². The van der Waals surface area contributed by atoms with Crippen LogP contribution in [0.25, 0.3) is 0 Å². The van der Waals surface area contributed by atoms with E-state index >= 15 is 0 Å². The van der Waals surface area contributed by atoms with Crippen LogP contribution >= 0.6 is 22.6 Å². The van der Waals surface area contributed by atoms with Gasteiger partial charge < -0.3 is 0 Å². The van der Waals surface area contributed by atoms with Gasteiger partial charge in [0.1, 0.15) is 0 Å². The quantitative estimate of drug-likeness (QED) is 0.278. The molecular formula is C23H40IN. The number of benzene rings is 1. The fraction of sp³-hybridized carbons (Fsp3) is 0.739. The van der Waals surface area contributed by atoms with E-state index in [0.717, 1.165) is 13.1 Å². The summed E-state index contributed by atoms with van der Waals surface area (Å²) in [7, 11) is 0. The van der Waals surface area contributed by atoms with E-state index in [9.17, 15) is 0 Å². The van der Waals surface area contributed by atoms with Gasteiger partial charge in [0.05, 0.1) is 0 Å². The average molecular weight is 457 g/mol. The summed E-state index contributed by atoms with van der Waals surface area (Å²) in [6, 6.07) is 9.48. The highest BCUT2D eigenvalue weighted by Gasteiger charge is 2.28. The Balaban J connectivity index is 2.94. The fourth-order valence-corrected chi connectivity index (χ4v) is 4.60. The molecule has 0 fully saturated rings. The topological polar surface area (TPSA) is 3.24 Å². The van der Waals surface area contributed by atoms with Crippen LogP contribution in [-0.2, 0) is 6.54 Å². The Labute approximate surface area is 171 Å². The molecule has 144 valence electrons. The highest BCUT2D eigenvalue weighted by molar-refractivity contribution is 14.1. The first-order chi connectivity index (χ1) is 11.6. The van der Waals surface area contributed by atoms with Gasteiger partial charge >= 0.3 is 0 Å². The van der Waals surface area contributed by atoms with Crippen LogP contribution in [0.1, 0.15) is 85.3 Å². The first kappa shape index (κ1) is 23.0. The zero-order valence-electron chi connectivity index (χ0n) is 17.8. The van der Waals surface area contributed by atoms with E-state index in [0.29, 0.717) is 22.8 Å². The molecule has 1 nitrogen and oxygen atoms in total. The Hall–Kier alpha value is -0.0900. The molecule has 0 heterocycles. The van der Waals surface area contributed by atoms with E-state index in [4.69, 9.17) is 0 Å². The van der Waals surface area contributed by atoms with Gasteiger partial charge in [-0.1, -0.05) is 95.3 Å². The summed E-state index contributed by atoms with van der Waals surface area (Å²) in [5.41, 5.74) is 3.61. The second-order valence-corrected chi connectivity index (χ2v) is 10.1. The summed E-state index contributed by atoms with van der Waals surface area (Å²) >= 11 is 2.54. The van der Waals surface area contributed by atoms with Crippen LogP contribution in [0.3, 0.4) is 0 Å². The highest BCUT2D eigenvalue weighted by atomic mass is 127. The Bertz CT molecular complexity index is 494. The third kappa shape index (κ3) is 6.86. The minimum atomic E-state index is 0.292. The van der Waals surface area contributed by atoms with Crippen LogP contribution in [0.15, 0.2) is 24.3 Å². The van der Waals surface area contributed by atoms with E-state index < -0.39 is 0 Å². The fourth-order valence-electron chi connectivity index (χ4n) is 3.58. The maximum atomic E-state index is 2.63. The predicted molar refractivity (Wildman–Crippen MR) is 122 cm³/mol. The lowest BCUT2D eigenvalue weighted by molar-refractivity contribution is 0.121. The first-order valence-electron chi connectivity index (χ1n) is 9.96. The molecule has 0 saturated heterocycles. The van der Waals surface area contributed by atoms with Gasteiger partial charge in [0.25, 0.3) is 0 Å². The molecule has 0 aliphatic heterocycles. The molecule has 0 radical (unpaired) electrons. The van der Waals surface area contributed by atoms with Crippen molar-refractivity contribution in [3.63, 3.8) is 0 Å². The largest absolute Gasteiger partial charge is 0.293 e. The smallest absolute Gasteiger partial charge is 0.0271 e. The molecule has 0 N–H and O–H groups in total. The van der Waals surface area contributed by atoms with E-state index in [2.05, 4.69) is 107 Å². The van der Waals surface area contributed by atoms with E-state index in [1.54, 1.807) is 0 Å². The van der Waals surface area contributed by atoms with Crippen molar-refractivity contribution >= 4 is 22.6 Å². The molecular weight excluding hydrogens is 417 g/mol. The number of hydrogen-bond donors (Lipinski definition) is 0. The maximum Gasteiger partial charge on any atom is 0.0271 e. The van der Waals surface area contributed by atoms with Crippen LogP contribution in [-0.4, -0.2) is 21.4 Å². The van der Waals surface area contributed by atoms with E-state index in [1.807, 2.05) is 0 Å².